The van der Waals surface area contributed by atoms with E-state index in [0.29, 0.717) is 23.0 Å². The summed E-state index contributed by atoms with van der Waals surface area (Å²) in [6, 6.07) is 0. The maximum absolute atomic E-state index is 4.48. The van der Waals surface area contributed by atoms with E-state index in [1.807, 2.05) is 0 Å². The lowest BCUT2D eigenvalue weighted by molar-refractivity contribution is 0.569. The first-order chi connectivity index (χ1) is 8.66. The van der Waals surface area contributed by atoms with E-state index in [-0.39, 0.29) is 0 Å². The molecule has 0 spiro atoms. The van der Waals surface area contributed by atoms with Crippen molar-refractivity contribution in [3.8, 4) is 0 Å². The molecule has 0 heterocycles. The van der Waals surface area contributed by atoms with Crippen LogP contribution in [0.2, 0.25) is 0 Å². The zero-order valence-corrected chi connectivity index (χ0v) is 14.6. The summed E-state index contributed by atoms with van der Waals surface area (Å²) < 4.78 is 0. The predicted molar refractivity (Wildman–Crippen MR) is 92.9 cm³/mol. The Hall–Kier alpha value is -0.430. The minimum Gasteiger partial charge on any atom is -0.176 e. The van der Waals surface area contributed by atoms with Crippen LogP contribution in [0.4, 0.5) is 0 Å². The number of thiol groups is 1. The molecule has 0 saturated carbocycles. The van der Waals surface area contributed by atoms with Crippen LogP contribution < -0.4 is 0 Å². The highest BCUT2D eigenvalue weighted by Crippen LogP contribution is 2.30. The highest BCUT2D eigenvalue weighted by atomic mass is 32.1. The first-order valence-corrected chi connectivity index (χ1v) is 7.96. The largest absolute Gasteiger partial charge is 0.176 e. The van der Waals surface area contributed by atoms with Crippen molar-refractivity contribution in [3.05, 3.63) is 36.0 Å². The molecule has 0 nitrogen and oxygen atoms in total. The first-order valence-electron chi connectivity index (χ1n) is 7.44. The van der Waals surface area contributed by atoms with Crippen molar-refractivity contribution in [2.24, 2.45) is 17.8 Å². The number of hydrogen-bond acceptors (Lipinski definition) is 1. The van der Waals surface area contributed by atoms with Crippen LogP contribution in [-0.2, 0) is 0 Å². The van der Waals surface area contributed by atoms with Crippen LogP contribution >= 0.6 is 12.6 Å². The summed E-state index contributed by atoms with van der Waals surface area (Å²) in [7, 11) is 0. The van der Waals surface area contributed by atoms with Gasteiger partial charge in [-0.2, -0.15) is 12.6 Å². The minimum absolute atomic E-state index is 0.462. The van der Waals surface area contributed by atoms with E-state index in [1.165, 1.54) is 16.7 Å². The smallest absolute Gasteiger partial charge is 0.00114 e. The van der Waals surface area contributed by atoms with Gasteiger partial charge < -0.3 is 0 Å². The Morgan fingerprint density at radius 1 is 0.947 bits per heavy atom. The normalized spacial score (nSPS) is 15.7. The zero-order chi connectivity index (χ0) is 15.2. The van der Waals surface area contributed by atoms with Gasteiger partial charge in [-0.1, -0.05) is 66.3 Å². The maximum atomic E-state index is 4.48. The first kappa shape index (κ1) is 18.6. The highest BCUT2D eigenvalue weighted by Gasteiger charge is 2.16. The lowest BCUT2D eigenvalue weighted by Gasteiger charge is -2.22. The Kier molecular flexibility index (Phi) is 8.49. The Bertz CT molecular complexity index is 332. The Morgan fingerprint density at radius 3 is 1.84 bits per heavy atom. The molecule has 0 rings (SSSR count). The summed E-state index contributed by atoms with van der Waals surface area (Å²) in [6.45, 7) is 21.7. The lowest BCUT2D eigenvalue weighted by atomic mass is 9.83. The summed E-state index contributed by atoms with van der Waals surface area (Å²) in [5, 5.41) is 0.462. The highest BCUT2D eigenvalue weighted by molar-refractivity contribution is 7.80. The minimum atomic E-state index is 0.462. The fourth-order valence-corrected chi connectivity index (χ4v) is 2.05. The molecule has 0 saturated heterocycles. The second kappa shape index (κ2) is 8.68. The van der Waals surface area contributed by atoms with Crippen LogP contribution in [0.25, 0.3) is 0 Å². The third-order valence-electron chi connectivity index (χ3n) is 3.70. The van der Waals surface area contributed by atoms with Gasteiger partial charge in [-0.15, -0.1) is 0 Å². The van der Waals surface area contributed by atoms with Crippen LogP contribution in [0.3, 0.4) is 0 Å². The predicted octanol–water partition coefficient (Wildman–Crippen LogP) is 6.07. The van der Waals surface area contributed by atoms with Gasteiger partial charge in [0, 0.05) is 0 Å². The summed E-state index contributed by atoms with van der Waals surface area (Å²) in [6.07, 6.45) is 4.57. The molecule has 0 aliphatic carbocycles. The molecule has 0 aromatic rings. The molecule has 0 amide bonds. The Morgan fingerprint density at radius 2 is 1.47 bits per heavy atom. The summed E-state index contributed by atoms with van der Waals surface area (Å²) in [4.78, 5) is 0. The number of rotatable bonds is 8. The molecular weight excluding hydrogens is 248 g/mol. The van der Waals surface area contributed by atoms with E-state index in [2.05, 4.69) is 73.4 Å². The van der Waals surface area contributed by atoms with Gasteiger partial charge in [-0.05, 0) is 47.0 Å². The van der Waals surface area contributed by atoms with Crippen LogP contribution in [-0.4, -0.2) is 5.25 Å². The van der Waals surface area contributed by atoms with Crippen molar-refractivity contribution in [2.75, 3.05) is 0 Å². The van der Waals surface area contributed by atoms with E-state index in [9.17, 15) is 0 Å². The van der Waals surface area contributed by atoms with Crippen molar-refractivity contribution >= 4 is 12.6 Å². The van der Waals surface area contributed by atoms with Gasteiger partial charge in [-0.3, -0.25) is 0 Å². The van der Waals surface area contributed by atoms with Gasteiger partial charge in [0.05, 0.1) is 0 Å². The maximum Gasteiger partial charge on any atom is -0.00114 e. The fourth-order valence-electron chi connectivity index (χ4n) is 1.90. The molecule has 19 heavy (non-hydrogen) atoms. The molecule has 110 valence electrons. The third kappa shape index (κ3) is 7.06. The van der Waals surface area contributed by atoms with Crippen molar-refractivity contribution in [1.29, 1.82) is 0 Å². The molecule has 0 aliphatic heterocycles. The van der Waals surface area contributed by atoms with Gasteiger partial charge in [0.1, 0.15) is 0 Å². The molecule has 0 radical (unpaired) electrons. The van der Waals surface area contributed by atoms with E-state index in [1.54, 1.807) is 0 Å². The van der Waals surface area contributed by atoms with E-state index < -0.39 is 0 Å². The fraction of sp³-hybridized carbons (Fsp3) is 0.667. The standard InChI is InChI=1S/C18H32S/c1-12(2)15(6)11-18(17(8)13(3)4)14(5)9-10-16(7)19/h11-14,16,19H,6,8-10H2,1-5,7H3/b18-11-. The molecule has 0 aliphatic rings. The quantitative estimate of drug-likeness (QED) is 0.405. The van der Waals surface area contributed by atoms with Gasteiger partial charge in [0.2, 0.25) is 0 Å². The summed E-state index contributed by atoms with van der Waals surface area (Å²) >= 11 is 4.48. The van der Waals surface area contributed by atoms with E-state index in [0.717, 1.165) is 12.8 Å². The average Bonchev–Trinajstić information content (AvgIpc) is 2.31. The summed E-state index contributed by atoms with van der Waals surface area (Å²) in [5.41, 5.74) is 3.83. The summed E-state index contributed by atoms with van der Waals surface area (Å²) in [5.74, 6) is 1.51. The molecule has 2 atom stereocenters. The molecule has 2 unspecified atom stereocenters. The van der Waals surface area contributed by atoms with Gasteiger partial charge >= 0.3 is 0 Å². The van der Waals surface area contributed by atoms with Crippen molar-refractivity contribution < 1.29 is 0 Å². The molecule has 0 N–H and O–H groups in total. The number of allylic oxidation sites excluding steroid dienone is 4. The molecule has 1 heteroatoms. The molecule has 0 bridgehead atoms. The van der Waals surface area contributed by atoms with Crippen molar-refractivity contribution in [2.45, 2.75) is 59.6 Å². The Balaban J connectivity index is 5.06. The van der Waals surface area contributed by atoms with E-state index in [4.69, 9.17) is 0 Å². The van der Waals surface area contributed by atoms with Crippen LogP contribution in [0.1, 0.15) is 54.4 Å². The zero-order valence-electron chi connectivity index (χ0n) is 13.7. The van der Waals surface area contributed by atoms with Gasteiger partial charge in [0.15, 0.2) is 0 Å². The average molecular weight is 281 g/mol. The number of hydrogen-bond donors (Lipinski definition) is 1. The van der Waals surface area contributed by atoms with Crippen LogP contribution in [0.15, 0.2) is 36.0 Å². The molecular formula is C18H32S. The van der Waals surface area contributed by atoms with Gasteiger partial charge in [-0.25, -0.2) is 0 Å². The van der Waals surface area contributed by atoms with Crippen LogP contribution in [0, 0.1) is 17.8 Å². The monoisotopic (exact) mass is 280 g/mol. The SMILES string of the molecule is C=C(/C=C(\C(=C)C(C)C)C(C)CCC(C)S)C(C)C. The Labute approximate surface area is 126 Å². The molecule has 0 fully saturated rings. The third-order valence-corrected chi connectivity index (χ3v) is 3.96. The van der Waals surface area contributed by atoms with Crippen molar-refractivity contribution in [1.82, 2.24) is 0 Å². The molecule has 0 aromatic carbocycles. The molecule has 0 aromatic heterocycles. The second-order valence-corrected chi connectivity index (χ2v) is 7.22. The topological polar surface area (TPSA) is 0 Å². The second-order valence-electron chi connectivity index (χ2n) is 6.34. The van der Waals surface area contributed by atoms with Crippen molar-refractivity contribution in [3.63, 3.8) is 0 Å². The van der Waals surface area contributed by atoms with E-state index >= 15 is 0 Å². The lowest BCUT2D eigenvalue weighted by Crippen LogP contribution is -2.09. The van der Waals surface area contributed by atoms with Crippen LogP contribution in [0.5, 0.6) is 0 Å². The van der Waals surface area contributed by atoms with Gasteiger partial charge in [0.25, 0.3) is 0 Å².